The number of benzene rings is 3. The number of non-ortho nitro benzene ring substituents is 1. The Bertz CT molecular complexity index is 1400. The van der Waals surface area contributed by atoms with Gasteiger partial charge in [0, 0.05) is 12.1 Å². The maximum absolute atomic E-state index is 12.8. The number of hydrogen-bond donors (Lipinski definition) is 0. The SMILES string of the molecule is COC(=O)Cn1c(=NC(=O)Cc2cccc3ccccc23)sc2cc([N+](=O)[O-])ccc21. The van der Waals surface area contributed by atoms with Crippen molar-refractivity contribution in [2.45, 2.75) is 13.0 Å². The van der Waals surface area contributed by atoms with Crippen LogP contribution in [0.5, 0.6) is 0 Å². The van der Waals surface area contributed by atoms with Gasteiger partial charge in [-0.25, -0.2) is 0 Å². The molecule has 1 amide bonds. The Hall–Kier alpha value is -3.85. The summed E-state index contributed by atoms with van der Waals surface area (Å²) in [5, 5.41) is 13.1. The summed E-state index contributed by atoms with van der Waals surface area (Å²) in [6.45, 7) is -0.158. The van der Waals surface area contributed by atoms with Crippen LogP contribution in [0, 0.1) is 10.1 Å². The highest BCUT2D eigenvalue weighted by Gasteiger charge is 2.15. The van der Waals surface area contributed by atoms with Gasteiger partial charge in [0.2, 0.25) is 0 Å². The number of aromatic nitrogens is 1. The lowest BCUT2D eigenvalue weighted by atomic mass is 10.0. The van der Waals surface area contributed by atoms with Gasteiger partial charge in [-0.15, -0.1) is 0 Å². The Kier molecular flexibility index (Phi) is 5.59. The molecule has 0 fully saturated rings. The Morgan fingerprint density at radius 2 is 1.90 bits per heavy atom. The number of carbonyl (C=O) groups is 2. The molecule has 0 radical (unpaired) electrons. The summed E-state index contributed by atoms with van der Waals surface area (Å²) >= 11 is 1.11. The number of ether oxygens (including phenoxy) is 1. The van der Waals surface area contributed by atoms with Gasteiger partial charge in [0.25, 0.3) is 11.6 Å². The van der Waals surface area contributed by atoms with E-state index in [0.717, 1.165) is 27.7 Å². The molecule has 4 aromatic rings. The van der Waals surface area contributed by atoms with E-state index in [1.807, 2.05) is 42.5 Å². The number of nitro benzene ring substituents is 1. The van der Waals surface area contributed by atoms with E-state index in [4.69, 9.17) is 4.74 Å². The minimum atomic E-state index is -0.513. The van der Waals surface area contributed by atoms with E-state index in [0.29, 0.717) is 10.2 Å². The fourth-order valence-corrected chi connectivity index (χ4v) is 4.44. The van der Waals surface area contributed by atoms with Gasteiger partial charge in [-0.3, -0.25) is 19.7 Å². The molecular weight excluding hydrogens is 418 g/mol. The fourth-order valence-electron chi connectivity index (χ4n) is 3.36. The van der Waals surface area contributed by atoms with Crippen molar-refractivity contribution >= 4 is 49.9 Å². The molecule has 0 atom stereocenters. The summed E-state index contributed by atoms with van der Waals surface area (Å²) in [4.78, 5) is 39.8. The van der Waals surface area contributed by atoms with E-state index >= 15 is 0 Å². The van der Waals surface area contributed by atoms with Crippen molar-refractivity contribution in [1.82, 2.24) is 4.57 Å². The predicted octanol–water partition coefficient (Wildman–Crippen LogP) is 3.61. The number of esters is 1. The van der Waals surface area contributed by atoms with Crippen LogP contribution in [0.15, 0.2) is 65.7 Å². The van der Waals surface area contributed by atoms with Crippen LogP contribution in [-0.2, 0) is 27.3 Å². The first kappa shape index (κ1) is 20.4. The van der Waals surface area contributed by atoms with Crippen LogP contribution >= 0.6 is 11.3 Å². The monoisotopic (exact) mass is 435 g/mol. The smallest absolute Gasteiger partial charge is 0.325 e. The minimum Gasteiger partial charge on any atom is -0.468 e. The van der Waals surface area contributed by atoms with Crippen LogP contribution < -0.4 is 4.80 Å². The number of carbonyl (C=O) groups excluding carboxylic acids is 2. The largest absolute Gasteiger partial charge is 0.468 e. The number of methoxy groups -OCH3 is 1. The van der Waals surface area contributed by atoms with Gasteiger partial charge in [0.1, 0.15) is 6.54 Å². The molecule has 31 heavy (non-hydrogen) atoms. The molecule has 9 heteroatoms. The van der Waals surface area contributed by atoms with Crippen molar-refractivity contribution in [3.8, 4) is 0 Å². The van der Waals surface area contributed by atoms with Crippen LogP contribution in [0.25, 0.3) is 21.0 Å². The van der Waals surface area contributed by atoms with Crippen molar-refractivity contribution in [3.05, 3.63) is 81.1 Å². The highest BCUT2D eigenvalue weighted by Crippen LogP contribution is 2.24. The third-order valence-corrected chi connectivity index (χ3v) is 5.88. The van der Waals surface area contributed by atoms with Crippen LogP contribution in [0.2, 0.25) is 0 Å². The van der Waals surface area contributed by atoms with Crippen LogP contribution in [0.1, 0.15) is 5.56 Å². The molecule has 156 valence electrons. The first-order chi connectivity index (χ1) is 15.0. The van der Waals surface area contributed by atoms with Gasteiger partial charge in [0.15, 0.2) is 4.80 Å². The fraction of sp³-hybridized carbons (Fsp3) is 0.136. The topological polar surface area (TPSA) is 104 Å². The Balaban J connectivity index is 1.77. The highest BCUT2D eigenvalue weighted by atomic mass is 32.1. The molecule has 1 aromatic heterocycles. The van der Waals surface area contributed by atoms with Crippen LogP contribution in [0.4, 0.5) is 5.69 Å². The molecule has 1 heterocycles. The van der Waals surface area contributed by atoms with E-state index in [2.05, 4.69) is 4.99 Å². The molecular formula is C22H17N3O5S. The Morgan fingerprint density at radius 1 is 1.13 bits per heavy atom. The number of rotatable bonds is 5. The first-order valence-electron chi connectivity index (χ1n) is 9.35. The highest BCUT2D eigenvalue weighted by molar-refractivity contribution is 7.16. The van der Waals surface area contributed by atoms with Crippen molar-refractivity contribution in [3.63, 3.8) is 0 Å². The predicted molar refractivity (Wildman–Crippen MR) is 117 cm³/mol. The summed E-state index contributed by atoms with van der Waals surface area (Å²) in [6, 6.07) is 17.8. The molecule has 0 saturated carbocycles. The maximum Gasteiger partial charge on any atom is 0.325 e. The standard InChI is InChI=1S/C22H17N3O5S/c1-30-21(27)13-24-18-10-9-16(25(28)29)12-19(18)31-22(24)23-20(26)11-15-7-4-6-14-5-2-3-8-17(14)15/h2-10,12H,11,13H2,1H3. The molecule has 0 aliphatic heterocycles. The average Bonchev–Trinajstić information content (AvgIpc) is 3.09. The molecule has 0 bridgehead atoms. The zero-order valence-corrected chi connectivity index (χ0v) is 17.3. The minimum absolute atomic E-state index is 0.0763. The number of thiazole rings is 1. The summed E-state index contributed by atoms with van der Waals surface area (Å²) < 4.78 is 6.84. The number of hydrogen-bond acceptors (Lipinski definition) is 6. The second-order valence-electron chi connectivity index (χ2n) is 6.78. The second kappa shape index (κ2) is 8.49. The summed E-state index contributed by atoms with van der Waals surface area (Å²) in [7, 11) is 1.27. The summed E-state index contributed by atoms with van der Waals surface area (Å²) in [6.07, 6.45) is 0.0912. The second-order valence-corrected chi connectivity index (χ2v) is 7.79. The zero-order chi connectivity index (χ0) is 22.0. The number of amides is 1. The summed E-state index contributed by atoms with van der Waals surface area (Å²) in [5.74, 6) is -0.892. The van der Waals surface area contributed by atoms with Gasteiger partial charge < -0.3 is 9.30 Å². The Labute approximate surface area is 180 Å². The van der Waals surface area contributed by atoms with Crippen LogP contribution in [-0.4, -0.2) is 28.5 Å². The van der Waals surface area contributed by atoms with Gasteiger partial charge >= 0.3 is 5.97 Å². The maximum atomic E-state index is 12.8. The van der Waals surface area contributed by atoms with Gasteiger partial charge in [-0.1, -0.05) is 53.8 Å². The van der Waals surface area contributed by atoms with E-state index in [1.165, 1.54) is 23.8 Å². The van der Waals surface area contributed by atoms with Crippen molar-refractivity contribution in [2.75, 3.05) is 7.11 Å². The van der Waals surface area contributed by atoms with E-state index in [1.54, 1.807) is 6.07 Å². The van der Waals surface area contributed by atoms with Crippen LogP contribution in [0.3, 0.4) is 0 Å². The molecule has 0 N–H and O–H groups in total. The molecule has 0 saturated heterocycles. The quantitative estimate of drug-likeness (QED) is 0.271. The van der Waals surface area contributed by atoms with E-state index in [9.17, 15) is 19.7 Å². The van der Waals surface area contributed by atoms with Gasteiger partial charge in [-0.05, 0) is 22.4 Å². The lowest BCUT2D eigenvalue weighted by Crippen LogP contribution is -2.22. The molecule has 4 rings (SSSR count). The third-order valence-electron chi connectivity index (χ3n) is 4.83. The number of nitro groups is 1. The summed E-state index contributed by atoms with van der Waals surface area (Å²) in [5.41, 5.74) is 1.34. The van der Waals surface area contributed by atoms with Gasteiger partial charge in [0.05, 0.1) is 28.7 Å². The van der Waals surface area contributed by atoms with Crippen molar-refractivity contribution in [2.24, 2.45) is 4.99 Å². The molecule has 0 spiro atoms. The molecule has 8 nitrogen and oxygen atoms in total. The molecule has 0 aliphatic carbocycles. The lowest BCUT2D eigenvalue weighted by molar-refractivity contribution is -0.384. The molecule has 3 aromatic carbocycles. The average molecular weight is 435 g/mol. The van der Waals surface area contributed by atoms with Gasteiger partial charge in [-0.2, -0.15) is 4.99 Å². The number of nitrogens with zero attached hydrogens (tertiary/aromatic N) is 3. The van der Waals surface area contributed by atoms with E-state index < -0.39 is 10.9 Å². The lowest BCUT2D eigenvalue weighted by Gasteiger charge is -2.05. The first-order valence-corrected chi connectivity index (χ1v) is 10.2. The van der Waals surface area contributed by atoms with Crippen molar-refractivity contribution < 1.29 is 19.2 Å². The zero-order valence-electron chi connectivity index (χ0n) is 16.5. The normalized spacial score (nSPS) is 11.7. The third kappa shape index (κ3) is 4.22. The Morgan fingerprint density at radius 3 is 2.68 bits per heavy atom. The molecule has 0 unspecified atom stereocenters. The number of fused-ring (bicyclic) bond motifs is 2. The van der Waals surface area contributed by atoms with Crippen molar-refractivity contribution in [1.29, 1.82) is 0 Å². The molecule has 0 aliphatic rings. The van der Waals surface area contributed by atoms with E-state index in [-0.39, 0.29) is 29.4 Å².